The maximum absolute atomic E-state index is 12.1. The molecule has 6 nitrogen and oxygen atoms in total. The molecule has 2 saturated carbocycles. The molecule has 1 saturated heterocycles. The van der Waals surface area contributed by atoms with Gasteiger partial charge < -0.3 is 24.1 Å². The Kier molecular flexibility index (Phi) is 3.66. The van der Waals surface area contributed by atoms with E-state index < -0.39 is 11.4 Å². The Balaban J connectivity index is 1.48. The Morgan fingerprint density at radius 2 is 2.00 bits per heavy atom. The van der Waals surface area contributed by atoms with E-state index in [1.54, 1.807) is 7.11 Å². The van der Waals surface area contributed by atoms with Crippen molar-refractivity contribution in [3.8, 4) is 11.5 Å². The fourth-order valence-electron chi connectivity index (χ4n) is 6.21. The maximum Gasteiger partial charge on any atom is 0.206 e. The SMILES string of the molecule is COc1ccc2c3c1O[C@@H]1[C@H]3[C@@](O)(CCC13OCCO3)C(N(C)CC1CC1)C2. The predicted octanol–water partition coefficient (Wildman–Crippen LogP) is 2.07. The standard InChI is InChI=1S/C22H29NO5/c1-23(12-13-3-4-13)16-11-14-5-6-15(25-2)19-17(14)18-20(28-19)22(26-9-10-27-22)8-7-21(16,18)24/h5-6,13,16,18,20,24H,3-4,7-12H2,1-2H3/t16?,18-,20+,21+/m0/s1. The first-order valence-corrected chi connectivity index (χ1v) is 10.6. The Morgan fingerprint density at radius 3 is 2.71 bits per heavy atom. The fourth-order valence-corrected chi connectivity index (χ4v) is 6.21. The van der Waals surface area contributed by atoms with Crippen LogP contribution in [0.4, 0.5) is 0 Å². The lowest BCUT2D eigenvalue weighted by atomic mass is 9.60. The average Bonchev–Trinajstić information content (AvgIpc) is 3.21. The van der Waals surface area contributed by atoms with Crippen LogP contribution in [0.1, 0.15) is 42.7 Å². The number of benzene rings is 1. The molecule has 6 rings (SSSR count). The Morgan fingerprint density at radius 1 is 1.21 bits per heavy atom. The molecule has 28 heavy (non-hydrogen) atoms. The highest BCUT2D eigenvalue weighted by Crippen LogP contribution is 2.62. The van der Waals surface area contributed by atoms with Crippen LogP contribution in [0.3, 0.4) is 0 Å². The van der Waals surface area contributed by atoms with Gasteiger partial charge in [-0.05, 0) is 50.3 Å². The number of hydrogen-bond donors (Lipinski definition) is 1. The summed E-state index contributed by atoms with van der Waals surface area (Å²) < 4.78 is 24.3. The molecule has 1 unspecified atom stereocenters. The van der Waals surface area contributed by atoms with Crippen LogP contribution >= 0.6 is 0 Å². The van der Waals surface area contributed by atoms with E-state index in [4.69, 9.17) is 18.9 Å². The second-order valence-corrected chi connectivity index (χ2v) is 9.29. The van der Waals surface area contributed by atoms with Crippen molar-refractivity contribution in [1.29, 1.82) is 0 Å². The van der Waals surface area contributed by atoms with Crippen LogP contribution < -0.4 is 9.47 Å². The van der Waals surface area contributed by atoms with Gasteiger partial charge in [-0.2, -0.15) is 0 Å². The summed E-state index contributed by atoms with van der Waals surface area (Å²) in [6.07, 6.45) is 4.45. The molecule has 2 aliphatic heterocycles. The molecule has 152 valence electrons. The first kappa shape index (κ1) is 17.5. The lowest BCUT2D eigenvalue weighted by Crippen LogP contribution is -2.67. The molecule has 1 N–H and O–H groups in total. The van der Waals surface area contributed by atoms with Gasteiger partial charge in [-0.25, -0.2) is 0 Å². The zero-order valence-electron chi connectivity index (χ0n) is 16.6. The molecule has 0 amide bonds. The molecule has 5 aliphatic rings. The smallest absolute Gasteiger partial charge is 0.206 e. The van der Waals surface area contributed by atoms with Gasteiger partial charge in [0, 0.05) is 24.6 Å². The molecule has 2 heterocycles. The van der Waals surface area contributed by atoms with Crippen LogP contribution in [0.25, 0.3) is 0 Å². The topological polar surface area (TPSA) is 60.4 Å². The minimum absolute atomic E-state index is 0.0785. The number of ether oxygens (including phenoxy) is 4. The van der Waals surface area contributed by atoms with Crippen LogP contribution in [0.2, 0.25) is 0 Å². The van der Waals surface area contributed by atoms with Gasteiger partial charge in [0.05, 0.1) is 31.8 Å². The number of fused-ring (bicyclic) bond motifs is 1. The van der Waals surface area contributed by atoms with Crippen LogP contribution in [-0.2, 0) is 15.9 Å². The minimum atomic E-state index is -0.848. The van der Waals surface area contributed by atoms with Crippen LogP contribution in [0.5, 0.6) is 11.5 Å². The number of hydrogen-bond acceptors (Lipinski definition) is 6. The number of nitrogens with zero attached hydrogens (tertiary/aromatic N) is 1. The molecule has 3 fully saturated rings. The summed E-state index contributed by atoms with van der Waals surface area (Å²) in [6, 6.07) is 4.23. The van der Waals surface area contributed by atoms with Crippen LogP contribution in [-0.4, -0.2) is 67.5 Å². The van der Waals surface area contributed by atoms with E-state index in [-0.39, 0.29) is 18.1 Å². The third-order valence-electron chi connectivity index (χ3n) is 7.72. The minimum Gasteiger partial charge on any atom is -0.493 e. The average molecular weight is 387 g/mol. The molecular formula is C22H29NO5. The highest BCUT2D eigenvalue weighted by atomic mass is 16.8. The summed E-state index contributed by atoms with van der Waals surface area (Å²) in [4.78, 5) is 2.40. The lowest BCUT2D eigenvalue weighted by Gasteiger charge is -2.55. The van der Waals surface area contributed by atoms with Crippen molar-refractivity contribution >= 4 is 0 Å². The molecule has 4 atom stereocenters. The van der Waals surface area contributed by atoms with Gasteiger partial charge in [0.1, 0.15) is 0 Å². The van der Waals surface area contributed by atoms with E-state index in [9.17, 15) is 5.11 Å². The summed E-state index contributed by atoms with van der Waals surface area (Å²) in [5.41, 5.74) is 1.52. The molecule has 0 bridgehead atoms. The fraction of sp³-hybridized carbons (Fsp3) is 0.727. The second kappa shape index (κ2) is 5.85. The van der Waals surface area contributed by atoms with E-state index in [0.29, 0.717) is 26.1 Å². The van der Waals surface area contributed by atoms with Crippen molar-refractivity contribution in [3.05, 3.63) is 23.3 Å². The van der Waals surface area contributed by atoms with Crippen molar-refractivity contribution in [2.75, 3.05) is 33.9 Å². The van der Waals surface area contributed by atoms with Gasteiger partial charge >= 0.3 is 0 Å². The first-order chi connectivity index (χ1) is 13.6. The quantitative estimate of drug-likeness (QED) is 0.854. The third-order valence-corrected chi connectivity index (χ3v) is 7.72. The van der Waals surface area contributed by atoms with Crippen molar-refractivity contribution < 1.29 is 24.1 Å². The van der Waals surface area contributed by atoms with Crippen LogP contribution in [0.15, 0.2) is 12.1 Å². The van der Waals surface area contributed by atoms with Crippen molar-refractivity contribution in [3.63, 3.8) is 0 Å². The molecule has 0 aromatic heterocycles. The molecule has 0 radical (unpaired) electrons. The number of likely N-dealkylation sites (N-methyl/N-ethyl adjacent to an activating group) is 1. The van der Waals surface area contributed by atoms with Gasteiger partial charge in [-0.1, -0.05) is 6.07 Å². The zero-order valence-corrected chi connectivity index (χ0v) is 16.6. The highest BCUT2D eigenvalue weighted by Gasteiger charge is 2.68. The zero-order chi connectivity index (χ0) is 19.1. The van der Waals surface area contributed by atoms with Crippen molar-refractivity contribution in [2.24, 2.45) is 5.92 Å². The van der Waals surface area contributed by atoms with E-state index in [0.717, 1.165) is 35.9 Å². The lowest BCUT2D eigenvalue weighted by molar-refractivity contribution is -0.262. The van der Waals surface area contributed by atoms with Crippen molar-refractivity contribution in [2.45, 2.75) is 61.6 Å². The molecule has 1 spiro atoms. The maximum atomic E-state index is 12.1. The van der Waals surface area contributed by atoms with Gasteiger partial charge in [-0.3, -0.25) is 4.90 Å². The summed E-state index contributed by atoms with van der Waals surface area (Å²) >= 11 is 0. The van der Waals surface area contributed by atoms with E-state index >= 15 is 0 Å². The number of methoxy groups -OCH3 is 1. The van der Waals surface area contributed by atoms with Gasteiger partial charge in [0.15, 0.2) is 17.6 Å². The Labute approximate surface area is 165 Å². The van der Waals surface area contributed by atoms with Crippen LogP contribution in [0, 0.1) is 5.92 Å². The summed E-state index contributed by atoms with van der Waals surface area (Å²) in [5.74, 6) is 1.38. The predicted molar refractivity (Wildman–Crippen MR) is 102 cm³/mol. The Bertz CT molecular complexity index is 802. The molecule has 1 aromatic carbocycles. The molecule has 3 aliphatic carbocycles. The van der Waals surface area contributed by atoms with Gasteiger partial charge in [-0.15, -0.1) is 0 Å². The first-order valence-electron chi connectivity index (χ1n) is 10.6. The number of aliphatic hydroxyl groups is 1. The van der Waals surface area contributed by atoms with E-state index in [2.05, 4.69) is 18.0 Å². The highest BCUT2D eigenvalue weighted by molar-refractivity contribution is 5.59. The summed E-state index contributed by atoms with van der Waals surface area (Å²) in [6.45, 7) is 2.22. The Hall–Kier alpha value is -1.34. The number of rotatable bonds is 4. The monoisotopic (exact) mass is 387 g/mol. The molecular weight excluding hydrogens is 358 g/mol. The van der Waals surface area contributed by atoms with E-state index in [1.165, 1.54) is 18.4 Å². The normalized spacial score (nSPS) is 37.2. The van der Waals surface area contributed by atoms with Gasteiger partial charge in [0.2, 0.25) is 5.79 Å². The van der Waals surface area contributed by atoms with Crippen molar-refractivity contribution in [1.82, 2.24) is 4.90 Å². The summed E-state index contributed by atoms with van der Waals surface area (Å²) in [5, 5.41) is 12.1. The van der Waals surface area contributed by atoms with Gasteiger partial charge in [0.25, 0.3) is 0 Å². The summed E-state index contributed by atoms with van der Waals surface area (Å²) in [7, 11) is 3.84. The third kappa shape index (κ3) is 2.23. The second-order valence-electron chi connectivity index (χ2n) is 9.29. The molecule has 6 heteroatoms. The van der Waals surface area contributed by atoms with E-state index in [1.807, 2.05) is 6.07 Å². The largest absolute Gasteiger partial charge is 0.493 e. The molecule has 1 aromatic rings.